The molecule has 2 heterocycles. The van der Waals surface area contributed by atoms with Gasteiger partial charge in [-0.25, -0.2) is 9.97 Å². The van der Waals surface area contributed by atoms with Gasteiger partial charge in [-0.05, 0) is 25.1 Å². The summed E-state index contributed by atoms with van der Waals surface area (Å²) in [5, 5.41) is 13.0. The quantitative estimate of drug-likeness (QED) is 0.767. The maximum atomic E-state index is 8.91. The molecule has 0 fully saturated rings. The third-order valence-electron chi connectivity index (χ3n) is 2.82. The second-order valence-electron chi connectivity index (χ2n) is 4.37. The number of aromatic nitrogens is 3. The number of nitrogens with zero attached hydrogens (tertiary/aromatic N) is 4. The molecule has 5 nitrogen and oxygen atoms in total. The summed E-state index contributed by atoms with van der Waals surface area (Å²) >= 11 is 0. The number of para-hydroxylation sites is 1. The molecule has 1 N–H and O–H groups in total. The Morgan fingerprint density at radius 2 is 2.00 bits per heavy atom. The Labute approximate surface area is 116 Å². The molecule has 0 aliphatic heterocycles. The Hall–Kier alpha value is -3.00. The summed E-state index contributed by atoms with van der Waals surface area (Å²) in [6, 6.07) is 13.5. The average molecular weight is 261 g/mol. The van der Waals surface area contributed by atoms with Crippen LogP contribution < -0.4 is 5.32 Å². The molecule has 0 saturated carbocycles. The molecule has 3 rings (SSSR count). The van der Waals surface area contributed by atoms with Gasteiger partial charge in [0.1, 0.15) is 11.8 Å². The van der Waals surface area contributed by atoms with Gasteiger partial charge >= 0.3 is 0 Å². The Kier molecular flexibility index (Phi) is 2.98. The highest BCUT2D eigenvalue weighted by molar-refractivity contribution is 5.82. The van der Waals surface area contributed by atoms with E-state index in [2.05, 4.69) is 20.3 Å². The smallest absolute Gasteiger partial charge is 0.228 e. The lowest BCUT2D eigenvalue weighted by atomic mass is 10.2. The highest BCUT2D eigenvalue weighted by atomic mass is 15.1. The maximum absolute atomic E-state index is 8.91. The van der Waals surface area contributed by atoms with Crippen LogP contribution in [0.4, 0.5) is 11.6 Å². The van der Waals surface area contributed by atoms with Crippen molar-refractivity contribution in [2.24, 2.45) is 0 Å². The summed E-state index contributed by atoms with van der Waals surface area (Å²) in [5.41, 5.74) is 2.81. The van der Waals surface area contributed by atoms with Crippen LogP contribution in [-0.2, 0) is 0 Å². The van der Waals surface area contributed by atoms with Crippen molar-refractivity contribution in [3.8, 4) is 6.07 Å². The highest BCUT2D eigenvalue weighted by Crippen LogP contribution is 2.18. The lowest BCUT2D eigenvalue weighted by molar-refractivity contribution is 1.09. The molecule has 1 aromatic carbocycles. The van der Waals surface area contributed by atoms with Crippen LogP contribution in [0, 0.1) is 18.3 Å². The van der Waals surface area contributed by atoms with Crippen LogP contribution in [0.2, 0.25) is 0 Å². The first-order valence-corrected chi connectivity index (χ1v) is 6.12. The molecule has 0 unspecified atom stereocenters. The SMILES string of the molecule is Cc1cc(C#N)nc(Nc2cnc3ccccc3c2)n1. The minimum Gasteiger partial charge on any atom is -0.323 e. The predicted octanol–water partition coefficient (Wildman–Crippen LogP) is 2.95. The van der Waals surface area contributed by atoms with Crippen molar-refractivity contribution in [3.05, 3.63) is 54.0 Å². The van der Waals surface area contributed by atoms with Gasteiger partial charge in [0.05, 0.1) is 17.4 Å². The van der Waals surface area contributed by atoms with Crippen molar-refractivity contribution >= 4 is 22.5 Å². The normalized spacial score (nSPS) is 10.2. The van der Waals surface area contributed by atoms with Crippen molar-refractivity contribution in [1.29, 1.82) is 5.26 Å². The molecule has 3 aromatic rings. The fourth-order valence-corrected chi connectivity index (χ4v) is 1.95. The summed E-state index contributed by atoms with van der Waals surface area (Å²) in [4.78, 5) is 12.7. The van der Waals surface area contributed by atoms with Crippen molar-refractivity contribution in [1.82, 2.24) is 15.0 Å². The van der Waals surface area contributed by atoms with Gasteiger partial charge in [0.15, 0.2) is 0 Å². The molecule has 0 saturated heterocycles. The number of hydrogen-bond donors (Lipinski definition) is 1. The number of benzene rings is 1. The van der Waals surface area contributed by atoms with Gasteiger partial charge in [-0.15, -0.1) is 0 Å². The number of pyridine rings is 1. The second-order valence-corrected chi connectivity index (χ2v) is 4.37. The minimum atomic E-state index is 0.341. The third-order valence-corrected chi connectivity index (χ3v) is 2.82. The van der Waals surface area contributed by atoms with E-state index >= 15 is 0 Å². The largest absolute Gasteiger partial charge is 0.323 e. The molecule has 20 heavy (non-hydrogen) atoms. The maximum Gasteiger partial charge on any atom is 0.228 e. The Morgan fingerprint density at radius 1 is 1.15 bits per heavy atom. The van der Waals surface area contributed by atoms with Crippen LogP contribution in [0.3, 0.4) is 0 Å². The monoisotopic (exact) mass is 261 g/mol. The second kappa shape index (κ2) is 4.94. The van der Waals surface area contributed by atoms with E-state index in [-0.39, 0.29) is 0 Å². The molecule has 96 valence electrons. The first kappa shape index (κ1) is 12.1. The van der Waals surface area contributed by atoms with E-state index in [0.29, 0.717) is 11.6 Å². The van der Waals surface area contributed by atoms with Crippen molar-refractivity contribution in [3.63, 3.8) is 0 Å². The molecule has 0 bridgehead atoms. The standard InChI is InChI=1S/C15H11N5/c1-10-6-12(8-16)19-15(18-10)20-13-7-11-4-2-3-5-14(11)17-9-13/h2-7,9H,1H3,(H,18,19,20). The van der Waals surface area contributed by atoms with Crippen molar-refractivity contribution < 1.29 is 0 Å². The van der Waals surface area contributed by atoms with E-state index in [4.69, 9.17) is 5.26 Å². The van der Waals surface area contributed by atoms with Gasteiger partial charge in [0, 0.05) is 11.1 Å². The topological polar surface area (TPSA) is 74.5 Å². The molecule has 0 atom stereocenters. The molecular formula is C15H11N5. The molecule has 0 aliphatic carbocycles. The molecule has 5 heteroatoms. The van der Waals surface area contributed by atoms with Gasteiger partial charge in [-0.3, -0.25) is 4.98 Å². The fourth-order valence-electron chi connectivity index (χ4n) is 1.95. The van der Waals surface area contributed by atoms with E-state index in [0.717, 1.165) is 22.3 Å². The summed E-state index contributed by atoms with van der Waals surface area (Å²) in [5.74, 6) is 0.402. The zero-order valence-electron chi connectivity index (χ0n) is 10.8. The zero-order valence-corrected chi connectivity index (χ0v) is 10.8. The van der Waals surface area contributed by atoms with Gasteiger partial charge in [-0.1, -0.05) is 18.2 Å². The lowest BCUT2D eigenvalue weighted by Gasteiger charge is -2.06. The minimum absolute atomic E-state index is 0.341. The van der Waals surface area contributed by atoms with Crippen LogP contribution in [0.25, 0.3) is 10.9 Å². The Bertz CT molecular complexity index is 820. The van der Waals surface area contributed by atoms with Crippen LogP contribution in [0.15, 0.2) is 42.6 Å². The third kappa shape index (κ3) is 2.40. The number of nitriles is 1. The number of anilines is 2. The van der Waals surface area contributed by atoms with E-state index < -0.39 is 0 Å². The van der Waals surface area contributed by atoms with Gasteiger partial charge in [-0.2, -0.15) is 5.26 Å². The molecule has 0 radical (unpaired) electrons. The number of aryl methyl sites for hydroxylation is 1. The Morgan fingerprint density at radius 3 is 2.85 bits per heavy atom. The van der Waals surface area contributed by atoms with E-state index in [1.807, 2.05) is 43.3 Å². The van der Waals surface area contributed by atoms with Crippen LogP contribution in [0.1, 0.15) is 11.4 Å². The van der Waals surface area contributed by atoms with Crippen LogP contribution in [0.5, 0.6) is 0 Å². The first-order valence-electron chi connectivity index (χ1n) is 6.12. The summed E-state index contributed by atoms with van der Waals surface area (Å²) < 4.78 is 0. The highest BCUT2D eigenvalue weighted by Gasteiger charge is 2.03. The van der Waals surface area contributed by atoms with E-state index in [1.54, 1.807) is 12.3 Å². The van der Waals surface area contributed by atoms with E-state index in [9.17, 15) is 0 Å². The number of hydrogen-bond acceptors (Lipinski definition) is 5. The number of fused-ring (bicyclic) bond motifs is 1. The molecule has 2 aromatic heterocycles. The molecule has 0 amide bonds. The molecule has 0 aliphatic rings. The summed E-state index contributed by atoms with van der Waals surface area (Å²) in [6.45, 7) is 1.83. The predicted molar refractivity (Wildman–Crippen MR) is 76.5 cm³/mol. The van der Waals surface area contributed by atoms with Gasteiger partial charge in [0.25, 0.3) is 0 Å². The number of nitrogens with one attached hydrogen (secondary N) is 1. The zero-order chi connectivity index (χ0) is 13.9. The first-order chi connectivity index (χ1) is 9.74. The summed E-state index contributed by atoms with van der Waals surface area (Å²) in [6.07, 6.45) is 1.72. The fraction of sp³-hybridized carbons (Fsp3) is 0.0667. The van der Waals surface area contributed by atoms with E-state index in [1.165, 1.54) is 0 Å². The average Bonchev–Trinajstić information content (AvgIpc) is 2.46. The van der Waals surface area contributed by atoms with Crippen molar-refractivity contribution in [2.45, 2.75) is 6.92 Å². The Balaban J connectivity index is 1.97. The summed E-state index contributed by atoms with van der Waals surface area (Å²) in [7, 11) is 0. The van der Waals surface area contributed by atoms with Crippen molar-refractivity contribution in [2.75, 3.05) is 5.32 Å². The van der Waals surface area contributed by atoms with Crippen LogP contribution >= 0.6 is 0 Å². The number of rotatable bonds is 2. The molecule has 0 spiro atoms. The molecular weight excluding hydrogens is 250 g/mol. The van der Waals surface area contributed by atoms with Crippen LogP contribution in [-0.4, -0.2) is 15.0 Å². The van der Waals surface area contributed by atoms with Gasteiger partial charge in [0.2, 0.25) is 5.95 Å². The van der Waals surface area contributed by atoms with Gasteiger partial charge < -0.3 is 5.32 Å². The lowest BCUT2D eigenvalue weighted by Crippen LogP contribution is -2.00.